The zero-order valence-corrected chi connectivity index (χ0v) is 15.1. The Morgan fingerprint density at radius 3 is 2.19 bits per heavy atom. The van der Waals surface area contributed by atoms with Gasteiger partial charge < -0.3 is 5.73 Å². The Hall–Kier alpha value is -3.38. The Kier molecular flexibility index (Phi) is 4.05. The van der Waals surface area contributed by atoms with Crippen LogP contribution in [0, 0.1) is 0 Å². The van der Waals surface area contributed by atoms with Crippen LogP contribution in [-0.2, 0) is 10.0 Å². The number of nitrogens with zero attached hydrogens (tertiary/aromatic N) is 1. The van der Waals surface area contributed by atoms with Crippen LogP contribution in [0.25, 0.3) is 22.0 Å². The minimum absolute atomic E-state index is 0.0310. The summed E-state index contributed by atoms with van der Waals surface area (Å²) in [4.78, 5) is 11.6. The fraction of sp³-hybridized carbons (Fsp3) is 0. The fourth-order valence-electron chi connectivity index (χ4n) is 3.20. The van der Waals surface area contributed by atoms with E-state index >= 15 is 0 Å². The molecule has 6 heteroatoms. The predicted octanol–water partition coefficient (Wildman–Crippen LogP) is 3.64. The van der Waals surface area contributed by atoms with Gasteiger partial charge in [0.2, 0.25) is 5.91 Å². The number of fused-ring (bicyclic) bond motifs is 1. The third-order valence-corrected chi connectivity index (χ3v) is 6.18. The molecule has 0 bridgehead atoms. The van der Waals surface area contributed by atoms with Gasteiger partial charge in [-0.2, -0.15) is 0 Å². The van der Waals surface area contributed by atoms with Crippen LogP contribution in [0.3, 0.4) is 0 Å². The van der Waals surface area contributed by atoms with Crippen molar-refractivity contribution >= 4 is 26.8 Å². The largest absolute Gasteiger partial charge is 0.366 e. The molecule has 0 fully saturated rings. The Bertz CT molecular complexity index is 1260. The van der Waals surface area contributed by atoms with Gasteiger partial charge in [-0.3, -0.25) is 4.79 Å². The number of carbonyl (C=O) groups is 1. The molecular weight excluding hydrogens is 360 g/mol. The molecule has 0 saturated carbocycles. The lowest BCUT2D eigenvalue weighted by Crippen LogP contribution is -2.19. The lowest BCUT2D eigenvalue weighted by molar-refractivity contribution is 0.0997. The van der Waals surface area contributed by atoms with Crippen LogP contribution in [0.15, 0.2) is 90.0 Å². The molecule has 0 atom stereocenters. The normalized spacial score (nSPS) is 11.6. The summed E-state index contributed by atoms with van der Waals surface area (Å²) in [6.45, 7) is 0. The second-order valence-corrected chi connectivity index (χ2v) is 7.87. The number of hydrogen-bond acceptors (Lipinski definition) is 3. The molecule has 4 rings (SSSR count). The quantitative estimate of drug-likeness (QED) is 0.590. The van der Waals surface area contributed by atoms with Crippen LogP contribution in [0.1, 0.15) is 10.4 Å². The number of amides is 1. The summed E-state index contributed by atoms with van der Waals surface area (Å²) < 4.78 is 28.0. The van der Waals surface area contributed by atoms with Gasteiger partial charge in [0.25, 0.3) is 10.0 Å². The van der Waals surface area contributed by atoms with Crippen molar-refractivity contribution in [2.24, 2.45) is 5.73 Å². The zero-order valence-electron chi connectivity index (χ0n) is 14.2. The van der Waals surface area contributed by atoms with Gasteiger partial charge >= 0.3 is 0 Å². The molecule has 0 saturated heterocycles. The van der Waals surface area contributed by atoms with Crippen molar-refractivity contribution in [2.45, 2.75) is 4.90 Å². The van der Waals surface area contributed by atoms with Gasteiger partial charge in [-0.25, -0.2) is 12.4 Å². The number of hydrogen-bond donors (Lipinski definition) is 1. The van der Waals surface area contributed by atoms with E-state index in [2.05, 4.69) is 0 Å². The average molecular weight is 376 g/mol. The van der Waals surface area contributed by atoms with E-state index in [9.17, 15) is 13.2 Å². The Balaban J connectivity index is 2.02. The van der Waals surface area contributed by atoms with Crippen molar-refractivity contribution in [1.29, 1.82) is 0 Å². The van der Waals surface area contributed by atoms with Crippen molar-refractivity contribution in [1.82, 2.24) is 3.97 Å². The van der Waals surface area contributed by atoms with E-state index in [1.54, 1.807) is 30.5 Å². The first kappa shape index (κ1) is 17.1. The van der Waals surface area contributed by atoms with Gasteiger partial charge in [-0.1, -0.05) is 60.7 Å². The number of carbonyl (C=O) groups excluding carboxylic acids is 1. The lowest BCUT2D eigenvalue weighted by Gasteiger charge is -2.10. The van der Waals surface area contributed by atoms with Crippen LogP contribution in [0.5, 0.6) is 0 Å². The lowest BCUT2D eigenvalue weighted by atomic mass is 10.1. The summed E-state index contributed by atoms with van der Waals surface area (Å²) in [5.74, 6) is -0.783. The maximum absolute atomic E-state index is 13.4. The van der Waals surface area contributed by atoms with Crippen LogP contribution in [-0.4, -0.2) is 18.3 Å². The summed E-state index contributed by atoms with van der Waals surface area (Å²) in [5.41, 5.74) is 7.60. The highest BCUT2D eigenvalue weighted by molar-refractivity contribution is 7.90. The van der Waals surface area contributed by atoms with E-state index in [1.165, 1.54) is 16.1 Å². The molecule has 4 aromatic rings. The Morgan fingerprint density at radius 1 is 0.815 bits per heavy atom. The molecule has 0 unspecified atom stereocenters. The molecule has 2 N–H and O–H groups in total. The van der Waals surface area contributed by atoms with Gasteiger partial charge in [-0.15, -0.1) is 0 Å². The van der Waals surface area contributed by atoms with Crippen molar-refractivity contribution in [2.75, 3.05) is 0 Å². The molecule has 0 aliphatic rings. The molecule has 134 valence electrons. The monoisotopic (exact) mass is 376 g/mol. The van der Waals surface area contributed by atoms with E-state index in [1.807, 2.05) is 42.5 Å². The highest BCUT2D eigenvalue weighted by Crippen LogP contribution is 2.33. The van der Waals surface area contributed by atoms with E-state index in [0.717, 1.165) is 16.5 Å². The van der Waals surface area contributed by atoms with Crippen LogP contribution in [0.4, 0.5) is 0 Å². The van der Waals surface area contributed by atoms with Gasteiger partial charge in [0.1, 0.15) is 4.90 Å². The second kappa shape index (κ2) is 6.41. The summed E-state index contributed by atoms with van der Waals surface area (Å²) in [6.07, 6.45) is 1.59. The first-order valence-corrected chi connectivity index (χ1v) is 9.74. The Labute approximate surface area is 156 Å². The van der Waals surface area contributed by atoms with Gasteiger partial charge in [0.15, 0.2) is 0 Å². The third kappa shape index (κ3) is 2.80. The van der Waals surface area contributed by atoms with Crippen LogP contribution >= 0.6 is 0 Å². The first-order chi connectivity index (χ1) is 13.0. The number of rotatable bonds is 4. The number of aromatic nitrogens is 1. The van der Waals surface area contributed by atoms with Crippen LogP contribution in [0.2, 0.25) is 0 Å². The summed E-state index contributed by atoms with van der Waals surface area (Å²) >= 11 is 0. The highest BCUT2D eigenvalue weighted by Gasteiger charge is 2.25. The van der Waals surface area contributed by atoms with E-state index in [4.69, 9.17) is 5.73 Å². The molecule has 0 spiro atoms. The van der Waals surface area contributed by atoms with Crippen LogP contribution < -0.4 is 5.73 Å². The Morgan fingerprint density at radius 2 is 1.44 bits per heavy atom. The van der Waals surface area contributed by atoms with Crippen molar-refractivity contribution in [3.63, 3.8) is 0 Å². The zero-order chi connectivity index (χ0) is 19.0. The molecule has 0 aliphatic heterocycles. The standard InChI is InChI=1S/C21H16N2O3S/c22-21(24)17-11-5-7-13-20(17)27(25,26)23-14-18(15-8-2-1-3-9-15)16-10-4-6-12-19(16)23/h1-14H,(H2,22,24). The predicted molar refractivity (Wildman–Crippen MR) is 105 cm³/mol. The number of primary amides is 1. The highest BCUT2D eigenvalue weighted by atomic mass is 32.2. The van der Waals surface area contributed by atoms with Gasteiger partial charge in [0, 0.05) is 17.1 Å². The number of nitrogens with two attached hydrogens (primary N) is 1. The topological polar surface area (TPSA) is 82.2 Å². The fourth-order valence-corrected chi connectivity index (χ4v) is 4.77. The van der Waals surface area contributed by atoms with Crippen molar-refractivity contribution in [3.05, 3.63) is 90.6 Å². The van der Waals surface area contributed by atoms with Gasteiger partial charge in [-0.05, 0) is 23.8 Å². The maximum Gasteiger partial charge on any atom is 0.268 e. The van der Waals surface area contributed by atoms with E-state index < -0.39 is 15.9 Å². The molecule has 5 nitrogen and oxygen atoms in total. The molecule has 1 heterocycles. The molecule has 1 amide bonds. The smallest absolute Gasteiger partial charge is 0.268 e. The SMILES string of the molecule is NC(=O)c1ccccc1S(=O)(=O)n1cc(-c2ccccc2)c2ccccc21. The van der Waals surface area contributed by atoms with E-state index in [0.29, 0.717) is 5.52 Å². The third-order valence-electron chi connectivity index (χ3n) is 4.45. The minimum Gasteiger partial charge on any atom is -0.366 e. The molecule has 0 aliphatic carbocycles. The summed E-state index contributed by atoms with van der Waals surface area (Å²) in [5, 5.41) is 0.809. The molecule has 1 aromatic heterocycles. The average Bonchev–Trinajstić information content (AvgIpc) is 3.09. The number of benzene rings is 3. The molecular formula is C21H16N2O3S. The van der Waals surface area contributed by atoms with Gasteiger partial charge in [0.05, 0.1) is 11.1 Å². The van der Waals surface area contributed by atoms with Crippen molar-refractivity contribution in [3.8, 4) is 11.1 Å². The maximum atomic E-state index is 13.4. The minimum atomic E-state index is -4.01. The first-order valence-electron chi connectivity index (χ1n) is 8.30. The molecule has 0 radical (unpaired) electrons. The molecule has 27 heavy (non-hydrogen) atoms. The summed E-state index contributed by atoms with van der Waals surface area (Å²) in [7, 11) is -4.01. The van der Waals surface area contributed by atoms with E-state index in [-0.39, 0.29) is 10.5 Å². The summed E-state index contributed by atoms with van der Waals surface area (Å²) in [6, 6.07) is 22.8. The van der Waals surface area contributed by atoms with Crippen molar-refractivity contribution < 1.29 is 13.2 Å². The number of para-hydroxylation sites is 1. The molecule has 3 aromatic carbocycles. The second-order valence-electron chi connectivity index (χ2n) is 6.09.